The average molecular weight is 245 g/mol. The summed E-state index contributed by atoms with van der Waals surface area (Å²) in [5, 5.41) is 11.6. The van der Waals surface area contributed by atoms with Crippen LogP contribution in [0.25, 0.3) is 0 Å². The molecule has 4 nitrogen and oxygen atoms in total. The number of nitrogens with zero attached hydrogens (tertiary/aromatic N) is 2. The molecule has 1 heterocycles. The quantitative estimate of drug-likeness (QED) is 0.850. The first-order valence-electron chi connectivity index (χ1n) is 6.45. The molecule has 0 bridgehead atoms. The highest BCUT2D eigenvalue weighted by molar-refractivity contribution is 5.23. The molecular weight excluding hydrogens is 226 g/mol. The van der Waals surface area contributed by atoms with E-state index < -0.39 is 0 Å². The minimum Gasteiger partial charge on any atom is -0.423 e. The van der Waals surface area contributed by atoms with Gasteiger partial charge in [0.2, 0.25) is 11.8 Å². The molecule has 2 aromatic rings. The molecule has 0 spiro atoms. The summed E-state index contributed by atoms with van der Waals surface area (Å²) in [5.41, 5.74) is 1.14. The Morgan fingerprint density at radius 2 is 1.94 bits per heavy atom. The highest BCUT2D eigenvalue weighted by atomic mass is 16.4. The Kier molecular flexibility index (Phi) is 4.47. The number of aryl methyl sites for hydroxylation is 1. The fraction of sp³-hybridized carbons (Fsp3) is 0.429. The topological polar surface area (TPSA) is 51.0 Å². The van der Waals surface area contributed by atoms with Crippen molar-refractivity contribution in [3.63, 3.8) is 0 Å². The zero-order chi connectivity index (χ0) is 12.8. The van der Waals surface area contributed by atoms with Gasteiger partial charge in [0, 0.05) is 6.42 Å². The zero-order valence-electron chi connectivity index (χ0n) is 10.9. The molecule has 1 aromatic heterocycles. The van der Waals surface area contributed by atoms with Gasteiger partial charge in [0.1, 0.15) is 6.04 Å². The Morgan fingerprint density at radius 1 is 1.17 bits per heavy atom. The summed E-state index contributed by atoms with van der Waals surface area (Å²) in [7, 11) is 0. The van der Waals surface area contributed by atoms with Gasteiger partial charge >= 0.3 is 0 Å². The van der Waals surface area contributed by atoms with Gasteiger partial charge in [0.05, 0.1) is 0 Å². The molecule has 0 aliphatic heterocycles. The maximum absolute atomic E-state index is 5.71. The van der Waals surface area contributed by atoms with E-state index in [1.54, 1.807) is 0 Å². The normalized spacial score (nSPS) is 12.6. The van der Waals surface area contributed by atoms with Crippen molar-refractivity contribution in [3.8, 4) is 0 Å². The van der Waals surface area contributed by atoms with Gasteiger partial charge in [-0.3, -0.25) is 0 Å². The van der Waals surface area contributed by atoms with E-state index in [0.29, 0.717) is 11.8 Å². The second-order valence-electron chi connectivity index (χ2n) is 4.19. The first-order chi connectivity index (χ1) is 8.85. The Morgan fingerprint density at radius 3 is 2.61 bits per heavy atom. The van der Waals surface area contributed by atoms with Gasteiger partial charge in [-0.05, 0) is 18.5 Å². The lowest BCUT2D eigenvalue weighted by molar-refractivity contribution is 0.407. The number of benzene rings is 1. The SMILES string of the molecule is CCCc1nnc(C(NCC)c2ccccc2)o1. The van der Waals surface area contributed by atoms with Gasteiger partial charge in [-0.1, -0.05) is 44.2 Å². The second-order valence-corrected chi connectivity index (χ2v) is 4.19. The maximum Gasteiger partial charge on any atom is 0.237 e. The van der Waals surface area contributed by atoms with Crippen molar-refractivity contribution in [2.75, 3.05) is 6.54 Å². The van der Waals surface area contributed by atoms with Crippen LogP contribution in [0.3, 0.4) is 0 Å². The lowest BCUT2D eigenvalue weighted by Crippen LogP contribution is -2.22. The summed E-state index contributed by atoms with van der Waals surface area (Å²) in [6.07, 6.45) is 1.85. The first-order valence-corrected chi connectivity index (χ1v) is 6.45. The van der Waals surface area contributed by atoms with Gasteiger partial charge in [-0.25, -0.2) is 0 Å². The molecular formula is C14H19N3O. The molecule has 1 unspecified atom stereocenters. The number of aromatic nitrogens is 2. The molecule has 0 saturated carbocycles. The van der Waals surface area contributed by atoms with Crippen molar-refractivity contribution in [1.82, 2.24) is 15.5 Å². The molecule has 0 radical (unpaired) electrons. The third kappa shape index (κ3) is 2.96. The van der Waals surface area contributed by atoms with Crippen LogP contribution in [0.5, 0.6) is 0 Å². The summed E-state index contributed by atoms with van der Waals surface area (Å²) in [6.45, 7) is 5.02. The molecule has 1 atom stereocenters. The maximum atomic E-state index is 5.71. The highest BCUT2D eigenvalue weighted by Gasteiger charge is 2.19. The van der Waals surface area contributed by atoms with Crippen molar-refractivity contribution >= 4 is 0 Å². The lowest BCUT2D eigenvalue weighted by atomic mass is 10.1. The molecule has 0 aliphatic rings. The van der Waals surface area contributed by atoms with Gasteiger partial charge in [0.25, 0.3) is 0 Å². The van der Waals surface area contributed by atoms with E-state index in [-0.39, 0.29) is 6.04 Å². The van der Waals surface area contributed by atoms with Gasteiger partial charge in [-0.15, -0.1) is 10.2 Å². The standard InChI is InChI=1S/C14H19N3O/c1-3-8-12-16-17-14(18-12)13(15-4-2)11-9-6-5-7-10-11/h5-7,9-10,13,15H,3-4,8H2,1-2H3. The van der Waals surface area contributed by atoms with E-state index in [1.807, 2.05) is 18.2 Å². The molecule has 0 amide bonds. The predicted octanol–water partition coefficient (Wildman–Crippen LogP) is 2.72. The van der Waals surface area contributed by atoms with Crippen LogP contribution >= 0.6 is 0 Å². The summed E-state index contributed by atoms with van der Waals surface area (Å²) in [5.74, 6) is 1.36. The van der Waals surface area contributed by atoms with Crippen LogP contribution in [-0.4, -0.2) is 16.7 Å². The van der Waals surface area contributed by atoms with Crippen LogP contribution in [0.4, 0.5) is 0 Å². The Bertz CT molecular complexity index is 467. The molecule has 2 rings (SSSR count). The van der Waals surface area contributed by atoms with Crippen molar-refractivity contribution < 1.29 is 4.42 Å². The van der Waals surface area contributed by atoms with E-state index in [4.69, 9.17) is 4.42 Å². The summed E-state index contributed by atoms with van der Waals surface area (Å²) in [6, 6.07) is 10.2. The van der Waals surface area contributed by atoms with E-state index in [2.05, 4.69) is 41.5 Å². The van der Waals surface area contributed by atoms with Gasteiger partial charge in [0.15, 0.2) is 0 Å². The molecule has 4 heteroatoms. The minimum absolute atomic E-state index is 0.0192. The van der Waals surface area contributed by atoms with Crippen molar-refractivity contribution in [1.29, 1.82) is 0 Å². The Labute approximate surface area is 107 Å². The van der Waals surface area contributed by atoms with Crippen molar-refractivity contribution in [3.05, 3.63) is 47.7 Å². The predicted molar refractivity (Wildman–Crippen MR) is 70.3 cm³/mol. The Hall–Kier alpha value is -1.68. The van der Waals surface area contributed by atoms with E-state index in [0.717, 1.165) is 24.9 Å². The summed E-state index contributed by atoms with van der Waals surface area (Å²) >= 11 is 0. The largest absolute Gasteiger partial charge is 0.423 e. The smallest absolute Gasteiger partial charge is 0.237 e. The van der Waals surface area contributed by atoms with E-state index >= 15 is 0 Å². The molecule has 96 valence electrons. The molecule has 1 N–H and O–H groups in total. The third-order valence-electron chi connectivity index (χ3n) is 2.73. The molecule has 0 saturated heterocycles. The van der Waals surface area contributed by atoms with Crippen LogP contribution < -0.4 is 5.32 Å². The van der Waals surface area contributed by atoms with Crippen LogP contribution in [-0.2, 0) is 6.42 Å². The summed E-state index contributed by atoms with van der Waals surface area (Å²) < 4.78 is 5.71. The van der Waals surface area contributed by atoms with E-state index in [1.165, 1.54) is 0 Å². The van der Waals surface area contributed by atoms with Crippen LogP contribution in [0.2, 0.25) is 0 Å². The molecule has 0 fully saturated rings. The Balaban J connectivity index is 2.23. The number of hydrogen-bond donors (Lipinski definition) is 1. The fourth-order valence-electron chi connectivity index (χ4n) is 1.90. The van der Waals surface area contributed by atoms with Crippen molar-refractivity contribution in [2.24, 2.45) is 0 Å². The van der Waals surface area contributed by atoms with Gasteiger partial charge < -0.3 is 9.73 Å². The lowest BCUT2D eigenvalue weighted by Gasteiger charge is -2.13. The molecule has 18 heavy (non-hydrogen) atoms. The monoisotopic (exact) mass is 245 g/mol. The minimum atomic E-state index is -0.0192. The van der Waals surface area contributed by atoms with Crippen molar-refractivity contribution in [2.45, 2.75) is 32.7 Å². The molecule has 1 aromatic carbocycles. The number of hydrogen-bond acceptors (Lipinski definition) is 4. The summed E-state index contributed by atoms with van der Waals surface area (Å²) in [4.78, 5) is 0. The zero-order valence-corrected chi connectivity index (χ0v) is 10.9. The third-order valence-corrected chi connectivity index (χ3v) is 2.73. The fourth-order valence-corrected chi connectivity index (χ4v) is 1.90. The highest BCUT2D eigenvalue weighted by Crippen LogP contribution is 2.20. The van der Waals surface area contributed by atoms with Crippen LogP contribution in [0, 0.1) is 0 Å². The van der Waals surface area contributed by atoms with Crippen LogP contribution in [0.15, 0.2) is 34.7 Å². The van der Waals surface area contributed by atoms with Gasteiger partial charge in [-0.2, -0.15) is 0 Å². The first kappa shape index (κ1) is 12.8. The molecule has 0 aliphatic carbocycles. The number of nitrogens with one attached hydrogen (secondary N) is 1. The average Bonchev–Trinajstić information content (AvgIpc) is 2.86. The number of rotatable bonds is 6. The second kappa shape index (κ2) is 6.31. The van der Waals surface area contributed by atoms with Crippen LogP contribution in [0.1, 0.15) is 43.7 Å². The van der Waals surface area contributed by atoms with E-state index in [9.17, 15) is 0 Å².